The Labute approximate surface area is 125 Å². The summed E-state index contributed by atoms with van der Waals surface area (Å²) in [5.41, 5.74) is 0.737. The summed E-state index contributed by atoms with van der Waals surface area (Å²) in [5, 5.41) is 11.8. The van der Waals surface area contributed by atoms with Gasteiger partial charge in [0, 0.05) is 11.1 Å². The number of furan rings is 1. The van der Waals surface area contributed by atoms with Gasteiger partial charge in [-0.25, -0.2) is 4.79 Å². The highest BCUT2D eigenvalue weighted by Crippen LogP contribution is 2.16. The molecule has 0 bridgehead atoms. The Hall–Kier alpha value is -2.53. The molecular weight excluding hydrogens is 294 g/mol. The Bertz CT molecular complexity index is 690. The summed E-state index contributed by atoms with van der Waals surface area (Å²) in [6, 6.07) is 9.98. The second kappa shape index (κ2) is 6.76. The maximum absolute atomic E-state index is 11.6. The van der Waals surface area contributed by atoms with Gasteiger partial charge in [-0.2, -0.15) is 0 Å². The number of carbonyl (C=O) groups is 2. The van der Waals surface area contributed by atoms with Crippen LogP contribution in [0.2, 0.25) is 5.02 Å². The summed E-state index contributed by atoms with van der Waals surface area (Å²) in [4.78, 5) is 22.3. The van der Waals surface area contributed by atoms with Crippen LogP contribution in [0, 0.1) is 0 Å². The summed E-state index contributed by atoms with van der Waals surface area (Å²) in [6.45, 7) is 0.110. The van der Waals surface area contributed by atoms with Crippen LogP contribution in [-0.4, -0.2) is 17.0 Å². The van der Waals surface area contributed by atoms with Gasteiger partial charge in [-0.1, -0.05) is 29.8 Å². The van der Waals surface area contributed by atoms with Crippen molar-refractivity contribution in [1.82, 2.24) is 5.32 Å². The van der Waals surface area contributed by atoms with E-state index >= 15 is 0 Å². The van der Waals surface area contributed by atoms with Crippen molar-refractivity contribution in [2.24, 2.45) is 0 Å². The highest BCUT2D eigenvalue weighted by atomic mass is 35.5. The molecule has 0 saturated carbocycles. The number of hydrogen-bond acceptors (Lipinski definition) is 3. The van der Waals surface area contributed by atoms with E-state index in [0.29, 0.717) is 10.8 Å². The highest BCUT2D eigenvalue weighted by Gasteiger charge is 2.08. The van der Waals surface area contributed by atoms with Crippen LogP contribution < -0.4 is 5.32 Å². The zero-order valence-electron chi connectivity index (χ0n) is 10.9. The van der Waals surface area contributed by atoms with Crippen LogP contribution in [0.1, 0.15) is 21.9 Å². The maximum Gasteiger partial charge on any atom is 0.371 e. The summed E-state index contributed by atoms with van der Waals surface area (Å²) in [5.74, 6) is -1.27. The number of rotatable bonds is 5. The molecule has 1 heterocycles. The molecule has 0 atom stereocenters. The van der Waals surface area contributed by atoms with E-state index in [1.807, 2.05) is 6.07 Å². The molecule has 1 aromatic heterocycles. The van der Waals surface area contributed by atoms with Crippen LogP contribution in [0.4, 0.5) is 0 Å². The van der Waals surface area contributed by atoms with Crippen molar-refractivity contribution in [3.63, 3.8) is 0 Å². The SMILES string of the molecule is O=C(/C=C/c1ccccc1Cl)NCc1ccc(C(=O)O)o1. The molecule has 1 aromatic carbocycles. The summed E-state index contributed by atoms with van der Waals surface area (Å²) < 4.78 is 5.02. The number of carboxylic acids is 1. The normalized spacial score (nSPS) is 10.7. The number of amides is 1. The van der Waals surface area contributed by atoms with Gasteiger partial charge < -0.3 is 14.8 Å². The number of hydrogen-bond donors (Lipinski definition) is 2. The molecule has 0 fully saturated rings. The molecule has 0 saturated heterocycles. The Morgan fingerprint density at radius 3 is 2.67 bits per heavy atom. The van der Waals surface area contributed by atoms with E-state index in [-0.39, 0.29) is 18.2 Å². The lowest BCUT2D eigenvalue weighted by Gasteiger charge is -1.99. The van der Waals surface area contributed by atoms with Crippen molar-refractivity contribution in [1.29, 1.82) is 0 Å². The number of halogens is 1. The van der Waals surface area contributed by atoms with Gasteiger partial charge >= 0.3 is 5.97 Å². The van der Waals surface area contributed by atoms with Gasteiger partial charge in [0.1, 0.15) is 5.76 Å². The third-order valence-corrected chi connectivity index (χ3v) is 2.97. The molecule has 0 radical (unpaired) electrons. The Morgan fingerprint density at radius 1 is 1.24 bits per heavy atom. The van der Waals surface area contributed by atoms with Crippen LogP contribution >= 0.6 is 11.6 Å². The number of nitrogens with one attached hydrogen (secondary N) is 1. The van der Waals surface area contributed by atoms with Gasteiger partial charge in [0.2, 0.25) is 11.7 Å². The van der Waals surface area contributed by atoms with E-state index in [2.05, 4.69) is 5.32 Å². The lowest BCUT2D eigenvalue weighted by molar-refractivity contribution is -0.116. The van der Waals surface area contributed by atoms with Gasteiger partial charge in [0.05, 0.1) is 6.54 Å². The van der Waals surface area contributed by atoms with Gasteiger partial charge in [0.25, 0.3) is 0 Å². The van der Waals surface area contributed by atoms with Crippen LogP contribution in [0.5, 0.6) is 0 Å². The van der Waals surface area contributed by atoms with Crippen LogP contribution in [0.25, 0.3) is 6.08 Å². The minimum Gasteiger partial charge on any atom is -0.475 e. The number of benzene rings is 1. The van der Waals surface area contributed by atoms with E-state index < -0.39 is 5.97 Å². The summed E-state index contributed by atoms with van der Waals surface area (Å²) in [7, 11) is 0. The predicted molar refractivity (Wildman–Crippen MR) is 78.0 cm³/mol. The van der Waals surface area contributed by atoms with E-state index in [1.54, 1.807) is 24.3 Å². The van der Waals surface area contributed by atoms with Gasteiger partial charge in [-0.05, 0) is 29.8 Å². The zero-order valence-corrected chi connectivity index (χ0v) is 11.6. The first kappa shape index (κ1) is 14.9. The average Bonchev–Trinajstić information content (AvgIpc) is 2.93. The lowest BCUT2D eigenvalue weighted by atomic mass is 10.2. The molecule has 0 aliphatic rings. The molecular formula is C15H12ClNO4. The molecule has 108 valence electrons. The second-order valence-corrected chi connectivity index (χ2v) is 4.55. The fraction of sp³-hybridized carbons (Fsp3) is 0.0667. The highest BCUT2D eigenvalue weighted by molar-refractivity contribution is 6.32. The standard InChI is InChI=1S/C15H12ClNO4/c16-12-4-2-1-3-10(12)5-8-14(18)17-9-11-6-7-13(21-11)15(19)20/h1-8H,9H2,(H,17,18)(H,19,20)/b8-5+. The minimum atomic E-state index is -1.15. The molecule has 0 aliphatic heterocycles. The van der Waals surface area contributed by atoms with E-state index in [4.69, 9.17) is 21.1 Å². The number of aromatic carboxylic acids is 1. The molecule has 6 heteroatoms. The van der Waals surface area contributed by atoms with Crippen molar-refractivity contribution >= 4 is 29.6 Å². The molecule has 0 unspecified atom stereocenters. The Balaban J connectivity index is 1.90. The van der Waals surface area contributed by atoms with Gasteiger partial charge in [0.15, 0.2) is 0 Å². The Kier molecular flexibility index (Phi) is 4.79. The van der Waals surface area contributed by atoms with Crippen molar-refractivity contribution < 1.29 is 19.1 Å². The van der Waals surface area contributed by atoms with Gasteiger partial charge in [-0.15, -0.1) is 0 Å². The molecule has 0 spiro atoms. The average molecular weight is 306 g/mol. The fourth-order valence-electron chi connectivity index (χ4n) is 1.60. The van der Waals surface area contributed by atoms with Crippen molar-refractivity contribution in [3.05, 3.63) is 64.6 Å². The number of carbonyl (C=O) groups excluding carboxylic acids is 1. The monoisotopic (exact) mass is 305 g/mol. The first-order chi connectivity index (χ1) is 10.1. The van der Waals surface area contributed by atoms with Crippen molar-refractivity contribution in [2.75, 3.05) is 0 Å². The molecule has 1 amide bonds. The topological polar surface area (TPSA) is 79.5 Å². The summed E-state index contributed by atoms with van der Waals surface area (Å²) >= 11 is 5.96. The smallest absolute Gasteiger partial charge is 0.371 e. The third-order valence-electron chi connectivity index (χ3n) is 2.63. The zero-order chi connectivity index (χ0) is 15.2. The molecule has 2 aromatic rings. The first-order valence-corrected chi connectivity index (χ1v) is 6.46. The third kappa shape index (κ3) is 4.22. The lowest BCUT2D eigenvalue weighted by Crippen LogP contribution is -2.19. The van der Waals surface area contributed by atoms with Crippen LogP contribution in [-0.2, 0) is 11.3 Å². The molecule has 2 N–H and O–H groups in total. The second-order valence-electron chi connectivity index (χ2n) is 4.14. The quantitative estimate of drug-likeness (QED) is 0.832. The molecule has 0 aliphatic carbocycles. The Morgan fingerprint density at radius 2 is 2.00 bits per heavy atom. The van der Waals surface area contributed by atoms with E-state index in [1.165, 1.54) is 18.2 Å². The van der Waals surface area contributed by atoms with E-state index in [0.717, 1.165) is 5.56 Å². The minimum absolute atomic E-state index is 0.110. The molecule has 5 nitrogen and oxygen atoms in total. The van der Waals surface area contributed by atoms with Crippen LogP contribution in [0.3, 0.4) is 0 Å². The van der Waals surface area contributed by atoms with Gasteiger partial charge in [-0.3, -0.25) is 4.79 Å². The van der Waals surface area contributed by atoms with Crippen LogP contribution in [0.15, 0.2) is 46.9 Å². The summed E-state index contributed by atoms with van der Waals surface area (Å²) in [6.07, 6.45) is 2.95. The van der Waals surface area contributed by atoms with Crippen molar-refractivity contribution in [2.45, 2.75) is 6.54 Å². The maximum atomic E-state index is 11.6. The molecule has 2 rings (SSSR count). The molecule has 21 heavy (non-hydrogen) atoms. The first-order valence-electron chi connectivity index (χ1n) is 6.08. The van der Waals surface area contributed by atoms with Crippen molar-refractivity contribution in [3.8, 4) is 0 Å². The van der Waals surface area contributed by atoms with E-state index in [9.17, 15) is 9.59 Å². The number of carboxylic acid groups (broad SMARTS) is 1. The fourth-order valence-corrected chi connectivity index (χ4v) is 1.80. The largest absolute Gasteiger partial charge is 0.475 e. The predicted octanol–water partition coefficient (Wildman–Crippen LogP) is 2.96.